The monoisotopic (exact) mass is 458 g/mol. The number of hydrogen-bond donors (Lipinski definition) is 1. The molecule has 1 fully saturated rings. The Morgan fingerprint density at radius 1 is 1.21 bits per heavy atom. The first-order chi connectivity index (χ1) is 13.5. The van der Waals surface area contributed by atoms with Gasteiger partial charge in [0.25, 0.3) is 0 Å². The molecule has 0 bridgehead atoms. The maximum atomic E-state index is 12.9. The number of benzene rings is 2. The number of rotatable bonds is 6. The molecule has 0 unspecified atom stereocenters. The zero-order chi connectivity index (χ0) is 21.4. The number of carbonyl (C=O) groups excluding carboxylic acids is 1. The summed E-state index contributed by atoms with van der Waals surface area (Å²) >= 11 is 5.83. The summed E-state index contributed by atoms with van der Waals surface area (Å²) in [6.07, 6.45) is 0. The molecule has 1 atom stereocenters. The quantitative estimate of drug-likeness (QED) is 0.710. The fraction of sp³-hybridized carbons (Fsp3) is 0.278. The van der Waals surface area contributed by atoms with Crippen LogP contribution in [-0.4, -0.2) is 35.6 Å². The van der Waals surface area contributed by atoms with E-state index >= 15 is 0 Å². The van der Waals surface area contributed by atoms with Crippen molar-refractivity contribution in [1.29, 1.82) is 0 Å². The van der Waals surface area contributed by atoms with Crippen LogP contribution in [0.3, 0.4) is 0 Å². The number of ether oxygens (including phenoxy) is 1. The van der Waals surface area contributed by atoms with E-state index in [0.717, 1.165) is 6.07 Å². The summed E-state index contributed by atoms with van der Waals surface area (Å²) in [5, 5.41) is 0.525. The Kier molecular flexibility index (Phi) is 5.91. The molecule has 1 aliphatic heterocycles. The summed E-state index contributed by atoms with van der Waals surface area (Å²) in [5.74, 6) is -1.61. The fourth-order valence-corrected chi connectivity index (χ4v) is 6.09. The number of methoxy groups -OCH3 is 1. The summed E-state index contributed by atoms with van der Waals surface area (Å²) in [6.45, 7) is 1.50. The van der Waals surface area contributed by atoms with Crippen molar-refractivity contribution in [3.05, 3.63) is 53.1 Å². The molecule has 0 aromatic heterocycles. The normalized spacial score (nSPS) is 18.8. The average Bonchev–Trinajstić information content (AvgIpc) is 2.87. The smallest absolute Gasteiger partial charge is 0.244 e. The van der Waals surface area contributed by atoms with E-state index in [-0.39, 0.29) is 28.6 Å². The van der Waals surface area contributed by atoms with Crippen molar-refractivity contribution in [2.24, 2.45) is 5.92 Å². The molecule has 156 valence electrons. The number of amides is 1. The standard InChI is InChI=1S/C18H19ClN2O6S2/c1-12-11-28(23,24)21(18(12)22)15-7-8-16(27-2)17(9-15)29(25,26)20-10-13-3-5-14(19)6-4-13/h3-9,12,20H,10-11H2,1-2H3/t12-/m0/s1. The molecule has 1 amide bonds. The topological polar surface area (TPSA) is 110 Å². The third-order valence-electron chi connectivity index (χ3n) is 4.41. The van der Waals surface area contributed by atoms with Crippen molar-refractivity contribution in [3.63, 3.8) is 0 Å². The van der Waals surface area contributed by atoms with Gasteiger partial charge < -0.3 is 4.74 Å². The lowest BCUT2D eigenvalue weighted by atomic mass is 10.2. The van der Waals surface area contributed by atoms with Crippen LogP contribution in [0.2, 0.25) is 5.02 Å². The summed E-state index contributed by atoms with van der Waals surface area (Å²) in [5.41, 5.74) is 0.631. The highest BCUT2D eigenvalue weighted by molar-refractivity contribution is 7.94. The zero-order valence-corrected chi connectivity index (χ0v) is 18.0. The van der Waals surface area contributed by atoms with Gasteiger partial charge in [0.1, 0.15) is 10.6 Å². The third kappa shape index (κ3) is 4.40. The maximum Gasteiger partial charge on any atom is 0.244 e. The van der Waals surface area contributed by atoms with Crippen LogP contribution in [0.5, 0.6) is 5.75 Å². The lowest BCUT2D eigenvalue weighted by Crippen LogP contribution is -2.31. The van der Waals surface area contributed by atoms with Crippen LogP contribution < -0.4 is 13.8 Å². The Morgan fingerprint density at radius 3 is 2.41 bits per heavy atom. The Morgan fingerprint density at radius 2 is 1.86 bits per heavy atom. The van der Waals surface area contributed by atoms with Crippen molar-refractivity contribution in [2.45, 2.75) is 18.4 Å². The van der Waals surface area contributed by atoms with Gasteiger partial charge in [0.05, 0.1) is 24.5 Å². The van der Waals surface area contributed by atoms with E-state index in [2.05, 4.69) is 4.72 Å². The molecule has 2 aromatic carbocycles. The molecular weight excluding hydrogens is 440 g/mol. The number of carbonyl (C=O) groups is 1. The highest BCUT2D eigenvalue weighted by Crippen LogP contribution is 2.33. The van der Waals surface area contributed by atoms with Crippen LogP contribution in [0.15, 0.2) is 47.4 Å². The van der Waals surface area contributed by atoms with Gasteiger partial charge in [-0.05, 0) is 35.9 Å². The molecule has 1 saturated heterocycles. The van der Waals surface area contributed by atoms with Gasteiger partial charge >= 0.3 is 0 Å². The van der Waals surface area contributed by atoms with Crippen LogP contribution in [0.1, 0.15) is 12.5 Å². The van der Waals surface area contributed by atoms with E-state index in [0.29, 0.717) is 14.9 Å². The maximum absolute atomic E-state index is 12.9. The van der Waals surface area contributed by atoms with Gasteiger partial charge in [-0.3, -0.25) is 4.79 Å². The van der Waals surface area contributed by atoms with E-state index in [9.17, 15) is 21.6 Å². The molecule has 29 heavy (non-hydrogen) atoms. The Bertz CT molecular complexity index is 1150. The van der Waals surface area contributed by atoms with E-state index in [1.807, 2.05) is 0 Å². The second-order valence-corrected chi connectivity index (χ2v) is 10.6. The molecular formula is C18H19ClN2O6S2. The minimum Gasteiger partial charge on any atom is -0.495 e. The van der Waals surface area contributed by atoms with Crippen molar-refractivity contribution in [1.82, 2.24) is 4.72 Å². The van der Waals surface area contributed by atoms with Crippen LogP contribution in [0, 0.1) is 5.92 Å². The molecule has 3 rings (SSSR count). The number of halogens is 1. The van der Waals surface area contributed by atoms with Crippen LogP contribution in [0.4, 0.5) is 5.69 Å². The first kappa shape index (κ1) is 21.6. The number of anilines is 1. The van der Waals surface area contributed by atoms with E-state index in [1.54, 1.807) is 24.3 Å². The molecule has 1 aliphatic rings. The van der Waals surface area contributed by atoms with Gasteiger partial charge in [0.15, 0.2) is 0 Å². The minimum absolute atomic E-state index is 0.00907. The van der Waals surface area contributed by atoms with Gasteiger partial charge in [0.2, 0.25) is 26.0 Å². The SMILES string of the molecule is COc1ccc(N2C(=O)[C@@H](C)CS2(=O)=O)cc1S(=O)(=O)NCc1ccc(Cl)cc1. The van der Waals surface area contributed by atoms with Crippen molar-refractivity contribution in [3.8, 4) is 5.75 Å². The van der Waals surface area contributed by atoms with E-state index < -0.39 is 31.9 Å². The minimum atomic E-state index is -4.07. The van der Waals surface area contributed by atoms with Gasteiger partial charge in [-0.25, -0.2) is 25.9 Å². The van der Waals surface area contributed by atoms with Gasteiger partial charge in [-0.1, -0.05) is 30.7 Å². The summed E-state index contributed by atoms with van der Waals surface area (Å²) < 4.78 is 58.6. The Hall–Kier alpha value is -2.14. The first-order valence-electron chi connectivity index (χ1n) is 8.54. The van der Waals surface area contributed by atoms with Crippen LogP contribution in [-0.2, 0) is 31.4 Å². The third-order valence-corrected chi connectivity index (χ3v) is 7.95. The number of sulfonamides is 2. The van der Waals surface area contributed by atoms with E-state index in [1.165, 1.54) is 26.2 Å². The number of nitrogens with one attached hydrogen (secondary N) is 1. The van der Waals surface area contributed by atoms with Gasteiger partial charge in [0, 0.05) is 11.6 Å². The zero-order valence-electron chi connectivity index (χ0n) is 15.6. The van der Waals surface area contributed by atoms with Crippen molar-refractivity contribution in [2.75, 3.05) is 17.2 Å². The first-order valence-corrected chi connectivity index (χ1v) is 12.0. The molecule has 11 heteroatoms. The molecule has 0 saturated carbocycles. The second kappa shape index (κ2) is 7.94. The largest absolute Gasteiger partial charge is 0.495 e. The van der Waals surface area contributed by atoms with Crippen molar-refractivity contribution >= 4 is 43.2 Å². The van der Waals surface area contributed by atoms with Gasteiger partial charge in [-0.2, -0.15) is 0 Å². The predicted octanol–water partition coefficient (Wildman–Crippen LogP) is 2.14. The lowest BCUT2D eigenvalue weighted by Gasteiger charge is -2.18. The molecule has 0 spiro atoms. The highest BCUT2D eigenvalue weighted by Gasteiger charge is 2.42. The summed E-state index contributed by atoms with van der Waals surface area (Å²) in [7, 11) is -6.64. The van der Waals surface area contributed by atoms with Crippen molar-refractivity contribution < 1.29 is 26.4 Å². The molecule has 1 heterocycles. The van der Waals surface area contributed by atoms with Crippen LogP contribution >= 0.6 is 11.6 Å². The molecule has 0 aliphatic carbocycles. The molecule has 0 radical (unpaired) electrons. The summed E-state index contributed by atoms with van der Waals surface area (Å²) in [6, 6.07) is 10.4. The van der Waals surface area contributed by atoms with E-state index in [4.69, 9.17) is 16.3 Å². The lowest BCUT2D eigenvalue weighted by molar-refractivity contribution is -0.119. The fourth-order valence-electron chi connectivity index (χ4n) is 2.95. The number of nitrogens with zero attached hydrogens (tertiary/aromatic N) is 1. The Balaban J connectivity index is 1.96. The predicted molar refractivity (Wildman–Crippen MR) is 109 cm³/mol. The van der Waals surface area contributed by atoms with Gasteiger partial charge in [-0.15, -0.1) is 0 Å². The molecule has 1 N–H and O–H groups in total. The van der Waals surface area contributed by atoms with Crippen LogP contribution in [0.25, 0.3) is 0 Å². The average molecular weight is 459 g/mol. The molecule has 2 aromatic rings. The molecule has 8 nitrogen and oxygen atoms in total. The Labute approximate surface area is 174 Å². The number of hydrogen-bond acceptors (Lipinski definition) is 6. The summed E-state index contributed by atoms with van der Waals surface area (Å²) in [4.78, 5) is 12.0. The second-order valence-electron chi connectivity index (χ2n) is 6.57. The highest BCUT2D eigenvalue weighted by atomic mass is 35.5.